The molecule has 4 rings (SSSR count). The molecule has 2 N–H and O–H groups in total. The molecule has 2 amide bonds. The van der Waals surface area contributed by atoms with Crippen LogP contribution in [0.4, 0.5) is 5.00 Å². The molecule has 1 aliphatic carbocycles. The molecule has 38 heavy (non-hydrogen) atoms. The van der Waals surface area contributed by atoms with Gasteiger partial charge in [-0.25, -0.2) is 15.0 Å². The topological polar surface area (TPSA) is 123 Å². The predicted molar refractivity (Wildman–Crippen MR) is 144 cm³/mol. The molecule has 0 unspecified atom stereocenters. The van der Waals surface area contributed by atoms with Gasteiger partial charge in [0.15, 0.2) is 0 Å². The van der Waals surface area contributed by atoms with E-state index >= 15 is 0 Å². The summed E-state index contributed by atoms with van der Waals surface area (Å²) in [4.78, 5) is 50.5. The summed E-state index contributed by atoms with van der Waals surface area (Å²) >= 11 is 7.12. The van der Waals surface area contributed by atoms with Crippen LogP contribution in [0.5, 0.6) is 5.75 Å². The normalized spacial score (nSPS) is 12.5. The highest BCUT2D eigenvalue weighted by Crippen LogP contribution is 2.38. The van der Waals surface area contributed by atoms with E-state index in [4.69, 9.17) is 21.1 Å². The average molecular weight is 554 g/mol. The number of hydrogen-bond donors (Lipinski definition) is 2. The number of fused-ring (bicyclic) bond motifs is 1. The predicted octanol–water partition coefficient (Wildman–Crippen LogP) is 4.77. The monoisotopic (exact) mass is 553 g/mol. The fourth-order valence-electron chi connectivity index (χ4n) is 3.82. The van der Waals surface area contributed by atoms with Crippen LogP contribution < -0.4 is 15.5 Å². The Hall–Kier alpha value is -4.02. The Balaban J connectivity index is 1.33. The van der Waals surface area contributed by atoms with Crippen molar-refractivity contribution in [2.45, 2.75) is 32.6 Å². The van der Waals surface area contributed by atoms with Crippen LogP contribution in [0, 0.1) is 0 Å². The minimum Gasteiger partial charge on any atom is -0.462 e. The molecule has 0 fully saturated rings. The highest BCUT2D eigenvalue weighted by atomic mass is 35.5. The van der Waals surface area contributed by atoms with Gasteiger partial charge in [-0.2, -0.15) is 5.10 Å². The fraction of sp³-hybridized carbons (Fsp3) is 0.222. The molecule has 1 heterocycles. The highest BCUT2D eigenvalue weighted by Gasteiger charge is 2.28. The van der Waals surface area contributed by atoms with Crippen molar-refractivity contribution >= 4 is 57.9 Å². The van der Waals surface area contributed by atoms with Gasteiger partial charge in [0, 0.05) is 9.90 Å². The lowest BCUT2D eigenvalue weighted by Gasteiger charge is -2.12. The van der Waals surface area contributed by atoms with Crippen molar-refractivity contribution in [1.29, 1.82) is 0 Å². The van der Waals surface area contributed by atoms with Crippen molar-refractivity contribution in [3.63, 3.8) is 0 Å². The second-order valence-electron chi connectivity index (χ2n) is 8.25. The van der Waals surface area contributed by atoms with Crippen LogP contribution in [0.3, 0.4) is 0 Å². The van der Waals surface area contributed by atoms with Gasteiger partial charge in [0.2, 0.25) is 0 Å². The van der Waals surface area contributed by atoms with E-state index in [-0.39, 0.29) is 6.61 Å². The number of thiophene rings is 1. The summed E-state index contributed by atoms with van der Waals surface area (Å²) in [6.45, 7) is 1.92. The molecule has 0 spiro atoms. The zero-order valence-corrected chi connectivity index (χ0v) is 22.0. The van der Waals surface area contributed by atoms with Gasteiger partial charge in [0.1, 0.15) is 10.8 Å². The van der Waals surface area contributed by atoms with E-state index in [1.165, 1.54) is 17.6 Å². The first-order valence-electron chi connectivity index (χ1n) is 11.9. The number of ether oxygens (including phenoxy) is 2. The number of hydrogen-bond acceptors (Lipinski definition) is 8. The lowest BCUT2D eigenvalue weighted by atomic mass is 9.95. The number of carbonyl (C=O) groups is 4. The van der Waals surface area contributed by atoms with Crippen molar-refractivity contribution in [2.24, 2.45) is 5.10 Å². The van der Waals surface area contributed by atoms with Crippen LogP contribution in [0.25, 0.3) is 0 Å². The van der Waals surface area contributed by atoms with Crippen LogP contribution in [0.15, 0.2) is 53.6 Å². The maximum atomic E-state index is 12.5. The van der Waals surface area contributed by atoms with Gasteiger partial charge in [-0.3, -0.25) is 9.59 Å². The molecule has 0 saturated carbocycles. The summed E-state index contributed by atoms with van der Waals surface area (Å²) in [5.41, 5.74) is 4.33. The van der Waals surface area contributed by atoms with Crippen molar-refractivity contribution in [1.82, 2.24) is 5.43 Å². The Morgan fingerprint density at radius 3 is 2.39 bits per heavy atom. The van der Waals surface area contributed by atoms with E-state index in [0.717, 1.165) is 36.1 Å². The molecule has 0 atom stereocenters. The number of rotatable bonds is 7. The molecule has 3 aromatic rings. The molecule has 196 valence electrons. The largest absolute Gasteiger partial charge is 0.462 e. The Bertz CT molecular complexity index is 1380. The third kappa shape index (κ3) is 6.64. The second kappa shape index (κ2) is 12.5. The Morgan fingerprint density at radius 1 is 0.974 bits per heavy atom. The lowest BCUT2D eigenvalue weighted by Crippen LogP contribution is -2.32. The number of nitrogens with one attached hydrogen (secondary N) is 2. The number of aryl methyl sites for hydroxylation is 1. The van der Waals surface area contributed by atoms with E-state index in [1.807, 2.05) is 0 Å². The van der Waals surface area contributed by atoms with Gasteiger partial charge in [-0.1, -0.05) is 11.6 Å². The average Bonchev–Trinajstić information content (AvgIpc) is 3.28. The van der Waals surface area contributed by atoms with Crippen LogP contribution in [0.2, 0.25) is 5.02 Å². The number of nitrogens with zero attached hydrogens (tertiary/aromatic N) is 1. The number of anilines is 1. The van der Waals surface area contributed by atoms with Crippen LogP contribution in [-0.2, 0) is 27.2 Å². The minimum atomic E-state index is -0.990. The summed E-state index contributed by atoms with van der Waals surface area (Å²) in [6, 6.07) is 12.7. The quantitative estimate of drug-likeness (QED) is 0.143. The summed E-state index contributed by atoms with van der Waals surface area (Å²) in [6.07, 6.45) is 4.84. The third-order valence-electron chi connectivity index (χ3n) is 5.63. The van der Waals surface area contributed by atoms with Crippen LogP contribution in [0.1, 0.15) is 56.5 Å². The lowest BCUT2D eigenvalue weighted by molar-refractivity contribution is -0.136. The minimum absolute atomic E-state index is 0.206. The molecule has 1 aromatic heterocycles. The molecule has 9 nitrogen and oxygen atoms in total. The van der Waals surface area contributed by atoms with E-state index in [1.54, 1.807) is 55.5 Å². The Kier molecular flexibility index (Phi) is 8.88. The van der Waals surface area contributed by atoms with E-state index < -0.39 is 23.8 Å². The maximum absolute atomic E-state index is 12.5. The van der Waals surface area contributed by atoms with Crippen molar-refractivity contribution in [2.75, 3.05) is 11.9 Å². The first-order valence-corrected chi connectivity index (χ1v) is 13.1. The molecule has 11 heteroatoms. The van der Waals surface area contributed by atoms with Gasteiger partial charge >= 0.3 is 23.8 Å². The highest BCUT2D eigenvalue weighted by molar-refractivity contribution is 7.17. The maximum Gasteiger partial charge on any atom is 0.343 e. The molecule has 0 radical (unpaired) electrons. The molecular weight excluding hydrogens is 530 g/mol. The van der Waals surface area contributed by atoms with E-state index in [2.05, 4.69) is 15.8 Å². The van der Waals surface area contributed by atoms with Gasteiger partial charge in [0.05, 0.1) is 23.9 Å². The zero-order chi connectivity index (χ0) is 27.1. The van der Waals surface area contributed by atoms with E-state index in [0.29, 0.717) is 32.5 Å². The fourth-order valence-corrected chi connectivity index (χ4v) is 5.22. The number of halogens is 1. The number of esters is 2. The smallest absolute Gasteiger partial charge is 0.343 e. The molecule has 1 aliphatic rings. The summed E-state index contributed by atoms with van der Waals surface area (Å²) < 4.78 is 10.5. The molecule has 0 bridgehead atoms. The Morgan fingerprint density at radius 2 is 1.68 bits per heavy atom. The van der Waals surface area contributed by atoms with Crippen LogP contribution >= 0.6 is 22.9 Å². The zero-order valence-electron chi connectivity index (χ0n) is 20.4. The van der Waals surface area contributed by atoms with Crippen molar-refractivity contribution < 1.29 is 28.7 Å². The van der Waals surface area contributed by atoms with Crippen molar-refractivity contribution in [3.8, 4) is 5.75 Å². The van der Waals surface area contributed by atoms with Crippen LogP contribution in [-0.4, -0.2) is 36.6 Å². The number of benzene rings is 2. The second-order valence-corrected chi connectivity index (χ2v) is 9.80. The number of hydrazone groups is 1. The first-order chi connectivity index (χ1) is 18.4. The van der Waals surface area contributed by atoms with Crippen molar-refractivity contribution in [3.05, 3.63) is 80.7 Å². The molecule has 0 aliphatic heterocycles. The molecular formula is C27H24ClN3O6S. The first kappa shape index (κ1) is 27.0. The van der Waals surface area contributed by atoms with E-state index in [9.17, 15) is 19.2 Å². The standard InChI is InChI=1S/C27H24ClN3O6S/c1-2-36-27(35)22-20-5-3-4-6-21(20)38-25(22)30-23(32)24(33)31-29-15-16-7-13-19(14-8-16)37-26(34)17-9-11-18(28)12-10-17/h7-15H,2-6H2,1H3,(H,30,32)(H,31,33)/b29-15+. The molecule has 2 aromatic carbocycles. The van der Waals surface area contributed by atoms with Gasteiger partial charge in [-0.15, -0.1) is 11.3 Å². The SMILES string of the molecule is CCOC(=O)c1c(NC(=O)C(=O)N/N=C/c2ccc(OC(=O)c3ccc(Cl)cc3)cc2)sc2c1CCCC2. The summed E-state index contributed by atoms with van der Waals surface area (Å²) in [5.74, 6) is -2.66. The summed E-state index contributed by atoms with van der Waals surface area (Å²) in [5, 5.41) is 7.17. The van der Waals surface area contributed by atoms with Gasteiger partial charge < -0.3 is 14.8 Å². The summed E-state index contributed by atoms with van der Waals surface area (Å²) in [7, 11) is 0. The molecule has 0 saturated heterocycles. The van der Waals surface area contributed by atoms with Gasteiger partial charge in [-0.05, 0) is 92.3 Å². The van der Waals surface area contributed by atoms with Gasteiger partial charge in [0.25, 0.3) is 0 Å². The Labute approximate surface area is 227 Å². The third-order valence-corrected chi connectivity index (χ3v) is 7.09. The number of amides is 2. The number of carbonyl (C=O) groups excluding carboxylic acids is 4.